The van der Waals surface area contributed by atoms with Crippen molar-refractivity contribution in [3.63, 3.8) is 0 Å². The first-order chi connectivity index (χ1) is 9.49. The first-order valence-corrected chi connectivity index (χ1v) is 6.09. The van der Waals surface area contributed by atoms with E-state index in [4.69, 9.17) is 10.5 Å². The van der Waals surface area contributed by atoms with E-state index in [2.05, 4.69) is 0 Å². The molecule has 0 aromatic heterocycles. The smallest absolute Gasteiger partial charge is 0.132 e. The Kier molecular flexibility index (Phi) is 4.29. The lowest BCUT2D eigenvalue weighted by molar-refractivity contribution is 0.288. The van der Waals surface area contributed by atoms with Crippen molar-refractivity contribution in [1.29, 1.82) is 0 Å². The maximum Gasteiger partial charge on any atom is 0.132 e. The average molecular weight is 281 g/mol. The summed E-state index contributed by atoms with van der Waals surface area (Å²) in [6.45, 7) is 1.38. The second-order valence-corrected chi connectivity index (χ2v) is 4.46. The normalized spacial score (nSPS) is 12.2. The van der Waals surface area contributed by atoms with E-state index in [9.17, 15) is 13.2 Å². The van der Waals surface area contributed by atoms with E-state index in [1.54, 1.807) is 6.92 Å². The molecule has 0 bridgehead atoms. The summed E-state index contributed by atoms with van der Waals surface area (Å²) in [6.07, 6.45) is 0. The second kappa shape index (κ2) is 5.96. The summed E-state index contributed by atoms with van der Waals surface area (Å²) in [5, 5.41) is 0. The van der Waals surface area contributed by atoms with Crippen LogP contribution < -0.4 is 10.5 Å². The van der Waals surface area contributed by atoms with Crippen LogP contribution in [-0.2, 0) is 6.61 Å². The molecule has 2 N–H and O–H groups in total. The lowest BCUT2D eigenvalue weighted by Crippen LogP contribution is -2.09. The Morgan fingerprint density at radius 3 is 2.35 bits per heavy atom. The summed E-state index contributed by atoms with van der Waals surface area (Å²) >= 11 is 0. The van der Waals surface area contributed by atoms with E-state index in [-0.39, 0.29) is 12.2 Å². The van der Waals surface area contributed by atoms with Crippen LogP contribution in [-0.4, -0.2) is 0 Å². The highest BCUT2D eigenvalue weighted by atomic mass is 19.1. The molecule has 2 aromatic rings. The zero-order chi connectivity index (χ0) is 14.7. The fourth-order valence-corrected chi connectivity index (χ4v) is 1.83. The Hall–Kier alpha value is -2.01. The topological polar surface area (TPSA) is 35.2 Å². The second-order valence-electron chi connectivity index (χ2n) is 4.46. The zero-order valence-corrected chi connectivity index (χ0v) is 10.9. The minimum Gasteiger partial charge on any atom is -0.488 e. The van der Waals surface area contributed by atoms with Crippen LogP contribution in [0.15, 0.2) is 36.4 Å². The third-order valence-corrected chi connectivity index (χ3v) is 2.90. The van der Waals surface area contributed by atoms with Gasteiger partial charge in [0, 0.05) is 11.6 Å². The largest absolute Gasteiger partial charge is 0.488 e. The molecule has 0 aliphatic heterocycles. The molecule has 0 saturated heterocycles. The minimum absolute atomic E-state index is 0.174. The highest BCUT2D eigenvalue weighted by Crippen LogP contribution is 2.26. The Morgan fingerprint density at radius 2 is 1.75 bits per heavy atom. The van der Waals surface area contributed by atoms with Gasteiger partial charge in [0.15, 0.2) is 0 Å². The molecule has 0 spiro atoms. The van der Waals surface area contributed by atoms with Gasteiger partial charge in [-0.15, -0.1) is 0 Å². The molecule has 0 radical (unpaired) electrons. The lowest BCUT2D eigenvalue weighted by atomic mass is 10.1. The van der Waals surface area contributed by atoms with E-state index >= 15 is 0 Å². The fourth-order valence-electron chi connectivity index (χ4n) is 1.83. The summed E-state index contributed by atoms with van der Waals surface area (Å²) in [6, 6.07) is 6.98. The molecule has 0 saturated carbocycles. The van der Waals surface area contributed by atoms with Crippen molar-refractivity contribution in [3.8, 4) is 5.75 Å². The number of benzene rings is 2. The number of nitrogens with two attached hydrogens (primary N) is 1. The average Bonchev–Trinajstić information content (AvgIpc) is 2.39. The molecule has 2 aromatic carbocycles. The van der Waals surface area contributed by atoms with Gasteiger partial charge in [-0.05, 0) is 37.3 Å². The summed E-state index contributed by atoms with van der Waals surface area (Å²) < 4.78 is 45.5. The molecule has 2 nitrogen and oxygen atoms in total. The molecule has 0 aliphatic rings. The van der Waals surface area contributed by atoms with Gasteiger partial charge in [0.25, 0.3) is 0 Å². The molecule has 0 fully saturated rings. The summed E-state index contributed by atoms with van der Waals surface area (Å²) in [5.41, 5.74) is 5.99. The molecule has 1 atom stereocenters. The van der Waals surface area contributed by atoms with Crippen LogP contribution in [0.3, 0.4) is 0 Å². The van der Waals surface area contributed by atoms with Gasteiger partial charge in [0.1, 0.15) is 29.8 Å². The van der Waals surface area contributed by atoms with Gasteiger partial charge in [-0.1, -0.05) is 6.07 Å². The molecule has 0 unspecified atom stereocenters. The first-order valence-electron chi connectivity index (χ1n) is 6.09. The highest BCUT2D eigenvalue weighted by Gasteiger charge is 2.13. The monoisotopic (exact) mass is 281 g/mol. The summed E-state index contributed by atoms with van der Waals surface area (Å²) in [5.74, 6) is -1.50. The van der Waals surface area contributed by atoms with Crippen LogP contribution in [0.1, 0.15) is 24.1 Å². The maximum atomic E-state index is 13.5. The van der Waals surface area contributed by atoms with Crippen LogP contribution in [0.4, 0.5) is 13.2 Å². The number of rotatable bonds is 4. The van der Waals surface area contributed by atoms with Gasteiger partial charge >= 0.3 is 0 Å². The van der Waals surface area contributed by atoms with E-state index in [0.717, 1.165) is 12.1 Å². The third kappa shape index (κ3) is 3.11. The molecule has 20 heavy (non-hydrogen) atoms. The third-order valence-electron chi connectivity index (χ3n) is 2.90. The number of hydrogen-bond donors (Lipinski definition) is 1. The molecule has 2 rings (SSSR count). The molecule has 0 amide bonds. The van der Waals surface area contributed by atoms with Crippen molar-refractivity contribution < 1.29 is 17.9 Å². The van der Waals surface area contributed by atoms with Crippen molar-refractivity contribution in [1.82, 2.24) is 0 Å². The van der Waals surface area contributed by atoms with Crippen molar-refractivity contribution in [2.45, 2.75) is 19.6 Å². The van der Waals surface area contributed by atoms with E-state index in [1.807, 2.05) is 0 Å². The predicted molar refractivity (Wildman–Crippen MR) is 69.7 cm³/mol. The minimum atomic E-state index is -0.686. The standard InChI is InChI=1S/C15H14F3NO/c1-9(19)11-7-10(16)5-6-15(11)20-8-12-13(17)3-2-4-14(12)18/h2-7,9H,8,19H2,1H3/t9-/m0/s1. The van der Waals surface area contributed by atoms with Gasteiger partial charge in [0.2, 0.25) is 0 Å². The van der Waals surface area contributed by atoms with Crippen molar-refractivity contribution in [2.75, 3.05) is 0 Å². The molecule has 5 heteroatoms. The van der Waals surface area contributed by atoms with E-state index < -0.39 is 23.5 Å². The number of halogens is 3. The van der Waals surface area contributed by atoms with E-state index in [0.29, 0.717) is 11.3 Å². The van der Waals surface area contributed by atoms with Crippen LogP contribution in [0.25, 0.3) is 0 Å². The highest BCUT2D eigenvalue weighted by molar-refractivity contribution is 5.36. The Labute approximate surface area is 115 Å². The zero-order valence-electron chi connectivity index (χ0n) is 10.9. The van der Waals surface area contributed by atoms with Gasteiger partial charge in [-0.3, -0.25) is 0 Å². The molecule has 0 aliphatic carbocycles. The van der Waals surface area contributed by atoms with Crippen LogP contribution in [0, 0.1) is 17.5 Å². The van der Waals surface area contributed by atoms with Crippen LogP contribution >= 0.6 is 0 Å². The Bertz CT molecular complexity index is 594. The Balaban J connectivity index is 2.23. The molecular weight excluding hydrogens is 267 g/mol. The van der Waals surface area contributed by atoms with Crippen molar-refractivity contribution >= 4 is 0 Å². The first kappa shape index (κ1) is 14.4. The van der Waals surface area contributed by atoms with Crippen molar-refractivity contribution in [3.05, 3.63) is 65.0 Å². The molecular formula is C15H14F3NO. The Morgan fingerprint density at radius 1 is 1.10 bits per heavy atom. The maximum absolute atomic E-state index is 13.5. The molecule has 106 valence electrons. The number of hydrogen-bond acceptors (Lipinski definition) is 2. The van der Waals surface area contributed by atoms with E-state index in [1.165, 1.54) is 24.3 Å². The predicted octanol–water partition coefficient (Wildman–Crippen LogP) is 3.70. The quantitative estimate of drug-likeness (QED) is 0.927. The van der Waals surface area contributed by atoms with Gasteiger partial charge in [0.05, 0.1) is 5.56 Å². The van der Waals surface area contributed by atoms with Gasteiger partial charge < -0.3 is 10.5 Å². The van der Waals surface area contributed by atoms with Crippen molar-refractivity contribution in [2.24, 2.45) is 5.73 Å². The van der Waals surface area contributed by atoms with Crippen LogP contribution in [0.2, 0.25) is 0 Å². The van der Waals surface area contributed by atoms with Gasteiger partial charge in [-0.2, -0.15) is 0 Å². The molecule has 0 heterocycles. The summed E-state index contributed by atoms with van der Waals surface area (Å²) in [4.78, 5) is 0. The van der Waals surface area contributed by atoms with Gasteiger partial charge in [-0.25, -0.2) is 13.2 Å². The van der Waals surface area contributed by atoms with Crippen LogP contribution in [0.5, 0.6) is 5.75 Å². The number of ether oxygens (including phenoxy) is 1. The lowest BCUT2D eigenvalue weighted by Gasteiger charge is -2.14. The summed E-state index contributed by atoms with van der Waals surface area (Å²) in [7, 11) is 0. The SMILES string of the molecule is C[C@H](N)c1cc(F)ccc1OCc1c(F)cccc1F. The fraction of sp³-hybridized carbons (Fsp3) is 0.200.